The molecule has 1 aromatic carbocycles. The van der Waals surface area contributed by atoms with E-state index in [4.69, 9.17) is 0 Å². The molecule has 100 valence electrons. The number of carbonyl (C=O) groups is 1. The molecule has 0 atom stereocenters. The van der Waals surface area contributed by atoms with Crippen molar-refractivity contribution in [3.05, 3.63) is 29.3 Å². The van der Waals surface area contributed by atoms with E-state index in [1.165, 1.54) is 31.2 Å². The molecule has 3 nitrogen and oxygen atoms in total. The van der Waals surface area contributed by atoms with E-state index < -0.39 is 0 Å². The van der Waals surface area contributed by atoms with Gasteiger partial charge in [-0.25, -0.2) is 0 Å². The second-order valence-corrected chi connectivity index (χ2v) is 6.22. The third-order valence-corrected chi connectivity index (χ3v) is 4.64. The number of nitrogens with one attached hydrogen (secondary N) is 2. The van der Waals surface area contributed by atoms with Crippen LogP contribution >= 0.6 is 0 Å². The Morgan fingerprint density at radius 1 is 1.21 bits per heavy atom. The Morgan fingerprint density at radius 3 is 2.63 bits per heavy atom. The summed E-state index contributed by atoms with van der Waals surface area (Å²) in [6.45, 7) is 0.993. The van der Waals surface area contributed by atoms with Crippen molar-refractivity contribution in [3.63, 3.8) is 0 Å². The molecule has 0 radical (unpaired) electrons. The van der Waals surface area contributed by atoms with E-state index in [2.05, 4.69) is 16.7 Å². The largest absolute Gasteiger partial charge is 0.384 e. The topological polar surface area (TPSA) is 41.1 Å². The van der Waals surface area contributed by atoms with Gasteiger partial charge < -0.3 is 10.6 Å². The predicted octanol–water partition coefficient (Wildman–Crippen LogP) is 2.57. The van der Waals surface area contributed by atoms with Crippen molar-refractivity contribution in [2.75, 3.05) is 11.9 Å². The summed E-state index contributed by atoms with van der Waals surface area (Å²) < 4.78 is 0. The minimum Gasteiger partial charge on any atom is -0.384 e. The first-order chi connectivity index (χ1) is 9.31. The molecule has 1 aromatic rings. The van der Waals surface area contributed by atoms with E-state index >= 15 is 0 Å². The molecule has 3 aliphatic rings. The highest BCUT2D eigenvalue weighted by Crippen LogP contribution is 2.44. The second kappa shape index (κ2) is 4.26. The van der Waals surface area contributed by atoms with E-state index in [-0.39, 0.29) is 5.91 Å². The molecule has 2 aliphatic carbocycles. The highest BCUT2D eigenvalue weighted by molar-refractivity contribution is 5.95. The number of benzene rings is 1. The van der Waals surface area contributed by atoms with Gasteiger partial charge in [-0.3, -0.25) is 4.79 Å². The minimum atomic E-state index is 0.111. The third-order valence-electron chi connectivity index (χ3n) is 4.64. The summed E-state index contributed by atoms with van der Waals surface area (Å²) >= 11 is 0. The third kappa shape index (κ3) is 2.22. The van der Waals surface area contributed by atoms with E-state index in [0.717, 1.165) is 36.1 Å². The molecule has 1 amide bonds. The Kier molecular flexibility index (Phi) is 2.54. The summed E-state index contributed by atoms with van der Waals surface area (Å²) in [5, 5.41) is 6.62. The number of rotatable bonds is 4. The smallest absolute Gasteiger partial charge is 0.251 e. The van der Waals surface area contributed by atoms with Gasteiger partial charge in [-0.1, -0.05) is 6.07 Å². The van der Waals surface area contributed by atoms with Gasteiger partial charge in [0, 0.05) is 23.8 Å². The fourth-order valence-electron chi connectivity index (χ4n) is 3.20. The average molecular weight is 256 g/mol. The summed E-state index contributed by atoms with van der Waals surface area (Å²) in [7, 11) is 0. The Bertz CT molecular complexity index is 505. The highest BCUT2D eigenvalue weighted by Gasteiger charge is 2.42. The summed E-state index contributed by atoms with van der Waals surface area (Å²) in [6.07, 6.45) is 6.27. The van der Waals surface area contributed by atoms with Crippen molar-refractivity contribution in [2.45, 2.75) is 38.1 Å². The van der Waals surface area contributed by atoms with Crippen LogP contribution in [0.5, 0.6) is 0 Å². The van der Waals surface area contributed by atoms with Crippen LogP contribution in [0.4, 0.5) is 5.69 Å². The standard InChI is InChI=1S/C16H20N2O/c19-16(18-15(11-2-3-11)12-4-5-12)13-6-1-10-7-8-17-14(10)9-13/h1,6,9,11-12,15,17H,2-5,7-8H2,(H,18,19). The number of anilines is 1. The van der Waals surface area contributed by atoms with Crippen LogP contribution in [0.2, 0.25) is 0 Å². The van der Waals surface area contributed by atoms with Crippen molar-refractivity contribution in [1.29, 1.82) is 0 Å². The summed E-state index contributed by atoms with van der Waals surface area (Å²) in [4.78, 5) is 12.4. The van der Waals surface area contributed by atoms with Crippen molar-refractivity contribution < 1.29 is 4.79 Å². The van der Waals surface area contributed by atoms with Crippen LogP contribution in [-0.2, 0) is 6.42 Å². The predicted molar refractivity (Wildman–Crippen MR) is 75.3 cm³/mol. The molecular formula is C16H20N2O. The van der Waals surface area contributed by atoms with Gasteiger partial charge in [0.2, 0.25) is 0 Å². The number of hydrogen-bond donors (Lipinski definition) is 2. The summed E-state index contributed by atoms with van der Waals surface area (Å²) in [6, 6.07) is 6.51. The molecule has 0 bridgehead atoms. The van der Waals surface area contributed by atoms with Crippen molar-refractivity contribution in [3.8, 4) is 0 Å². The highest BCUT2D eigenvalue weighted by atomic mass is 16.1. The Labute approximate surface area is 113 Å². The fraction of sp³-hybridized carbons (Fsp3) is 0.562. The molecular weight excluding hydrogens is 236 g/mol. The number of carbonyl (C=O) groups excluding carboxylic acids is 1. The van der Waals surface area contributed by atoms with Gasteiger partial charge in [0.05, 0.1) is 0 Å². The second-order valence-electron chi connectivity index (χ2n) is 6.22. The minimum absolute atomic E-state index is 0.111. The molecule has 1 aliphatic heterocycles. The SMILES string of the molecule is O=C(NC(C1CC1)C1CC1)c1ccc2c(c1)NCC2. The van der Waals surface area contributed by atoms with E-state index in [1.807, 2.05) is 12.1 Å². The van der Waals surface area contributed by atoms with Gasteiger partial charge in [-0.05, 0) is 61.6 Å². The number of hydrogen-bond acceptors (Lipinski definition) is 2. The van der Waals surface area contributed by atoms with Gasteiger partial charge in [0.25, 0.3) is 5.91 Å². The van der Waals surface area contributed by atoms with Crippen molar-refractivity contribution in [2.24, 2.45) is 11.8 Å². The summed E-state index contributed by atoms with van der Waals surface area (Å²) in [5.41, 5.74) is 3.28. The molecule has 0 unspecified atom stereocenters. The quantitative estimate of drug-likeness (QED) is 0.869. The van der Waals surface area contributed by atoms with Crippen molar-refractivity contribution in [1.82, 2.24) is 5.32 Å². The van der Waals surface area contributed by atoms with Crippen LogP contribution in [0.15, 0.2) is 18.2 Å². The maximum atomic E-state index is 12.4. The monoisotopic (exact) mass is 256 g/mol. The van der Waals surface area contributed by atoms with E-state index in [1.54, 1.807) is 0 Å². The first-order valence-corrected chi connectivity index (χ1v) is 7.49. The van der Waals surface area contributed by atoms with Crippen LogP contribution in [0.25, 0.3) is 0 Å². The molecule has 3 heteroatoms. The molecule has 2 N–H and O–H groups in total. The lowest BCUT2D eigenvalue weighted by atomic mass is 10.1. The van der Waals surface area contributed by atoms with Gasteiger partial charge in [0.15, 0.2) is 0 Å². The number of fused-ring (bicyclic) bond motifs is 1. The van der Waals surface area contributed by atoms with Gasteiger partial charge in [-0.2, -0.15) is 0 Å². The van der Waals surface area contributed by atoms with Gasteiger partial charge in [0.1, 0.15) is 0 Å². The zero-order valence-electron chi connectivity index (χ0n) is 11.1. The zero-order valence-corrected chi connectivity index (χ0v) is 11.1. The van der Waals surface area contributed by atoms with Crippen LogP contribution in [0.3, 0.4) is 0 Å². The van der Waals surface area contributed by atoms with Crippen LogP contribution in [0.1, 0.15) is 41.6 Å². The molecule has 0 spiro atoms. The van der Waals surface area contributed by atoms with E-state index in [0.29, 0.717) is 6.04 Å². The maximum absolute atomic E-state index is 12.4. The molecule has 0 aromatic heterocycles. The lowest BCUT2D eigenvalue weighted by molar-refractivity contribution is 0.0926. The zero-order chi connectivity index (χ0) is 12.8. The fourth-order valence-corrected chi connectivity index (χ4v) is 3.20. The number of amides is 1. The molecule has 19 heavy (non-hydrogen) atoms. The lowest BCUT2D eigenvalue weighted by Crippen LogP contribution is -2.38. The van der Waals surface area contributed by atoms with Crippen LogP contribution < -0.4 is 10.6 Å². The molecule has 1 heterocycles. The Hall–Kier alpha value is -1.51. The van der Waals surface area contributed by atoms with Crippen LogP contribution in [-0.4, -0.2) is 18.5 Å². The first kappa shape index (κ1) is 11.3. The van der Waals surface area contributed by atoms with Crippen LogP contribution in [0, 0.1) is 11.8 Å². The first-order valence-electron chi connectivity index (χ1n) is 7.49. The lowest BCUT2D eigenvalue weighted by Gasteiger charge is -2.18. The Morgan fingerprint density at radius 2 is 1.95 bits per heavy atom. The van der Waals surface area contributed by atoms with Gasteiger partial charge in [-0.15, -0.1) is 0 Å². The normalized spacial score (nSPS) is 21.1. The summed E-state index contributed by atoms with van der Waals surface area (Å²) in [5.74, 6) is 1.62. The molecule has 0 saturated heterocycles. The molecule has 4 rings (SSSR count). The average Bonchev–Trinajstić information content (AvgIpc) is 3.33. The van der Waals surface area contributed by atoms with Crippen molar-refractivity contribution >= 4 is 11.6 Å². The Balaban J connectivity index is 1.50. The molecule has 2 saturated carbocycles. The van der Waals surface area contributed by atoms with Gasteiger partial charge >= 0.3 is 0 Å². The van der Waals surface area contributed by atoms with E-state index in [9.17, 15) is 4.79 Å². The maximum Gasteiger partial charge on any atom is 0.251 e. The molecule has 2 fully saturated rings.